The predicted octanol–water partition coefficient (Wildman–Crippen LogP) is 3.20. The first-order chi connectivity index (χ1) is 10.1. The van der Waals surface area contributed by atoms with Gasteiger partial charge in [-0.15, -0.1) is 0 Å². The van der Waals surface area contributed by atoms with Crippen molar-refractivity contribution in [3.63, 3.8) is 0 Å². The van der Waals surface area contributed by atoms with E-state index in [4.69, 9.17) is 0 Å². The molecule has 2 aromatic heterocycles. The van der Waals surface area contributed by atoms with Gasteiger partial charge in [-0.05, 0) is 38.5 Å². The molecule has 21 heavy (non-hydrogen) atoms. The van der Waals surface area contributed by atoms with Crippen LogP contribution in [0, 0.1) is 6.92 Å². The van der Waals surface area contributed by atoms with Gasteiger partial charge in [0, 0.05) is 17.6 Å². The second kappa shape index (κ2) is 5.52. The molecule has 1 aromatic carbocycles. The van der Waals surface area contributed by atoms with Crippen LogP contribution in [-0.4, -0.2) is 25.8 Å². The standard InChI is InChI=1S/C16H19N5/c1-11-8-19-21(9-11)13(3)12(2)20-16-14-6-4-5-7-15(14)17-10-18-16/h4-10,12-13H,1-3H3,(H,17,18,20). The van der Waals surface area contributed by atoms with Crippen LogP contribution in [0.4, 0.5) is 5.82 Å². The zero-order valence-electron chi connectivity index (χ0n) is 12.5. The molecule has 2 unspecified atom stereocenters. The molecule has 2 atom stereocenters. The average Bonchev–Trinajstić information content (AvgIpc) is 2.93. The Bertz CT molecular complexity index is 744. The second-order valence-corrected chi connectivity index (χ2v) is 5.41. The van der Waals surface area contributed by atoms with Crippen LogP contribution in [0.5, 0.6) is 0 Å². The quantitative estimate of drug-likeness (QED) is 0.798. The molecular weight excluding hydrogens is 262 g/mol. The van der Waals surface area contributed by atoms with Crippen molar-refractivity contribution in [2.24, 2.45) is 0 Å². The van der Waals surface area contributed by atoms with Gasteiger partial charge in [0.2, 0.25) is 0 Å². The van der Waals surface area contributed by atoms with E-state index < -0.39 is 0 Å². The van der Waals surface area contributed by atoms with E-state index in [0.717, 1.165) is 16.7 Å². The van der Waals surface area contributed by atoms with Crippen LogP contribution in [0.15, 0.2) is 43.0 Å². The highest BCUT2D eigenvalue weighted by molar-refractivity contribution is 5.88. The number of nitrogens with one attached hydrogen (secondary N) is 1. The summed E-state index contributed by atoms with van der Waals surface area (Å²) in [5.74, 6) is 0.865. The summed E-state index contributed by atoms with van der Waals surface area (Å²) in [5.41, 5.74) is 2.12. The minimum atomic E-state index is 0.197. The van der Waals surface area contributed by atoms with Gasteiger partial charge in [-0.2, -0.15) is 5.10 Å². The molecule has 3 aromatic rings. The van der Waals surface area contributed by atoms with Gasteiger partial charge in [-0.3, -0.25) is 4.68 Å². The van der Waals surface area contributed by atoms with Gasteiger partial charge >= 0.3 is 0 Å². The van der Waals surface area contributed by atoms with Crippen LogP contribution in [0.25, 0.3) is 10.9 Å². The number of hydrogen-bond donors (Lipinski definition) is 1. The summed E-state index contributed by atoms with van der Waals surface area (Å²) in [6.07, 6.45) is 5.53. The Labute approximate surface area is 124 Å². The first kappa shape index (κ1) is 13.5. The van der Waals surface area contributed by atoms with Gasteiger partial charge in [0.25, 0.3) is 0 Å². The minimum absolute atomic E-state index is 0.197. The summed E-state index contributed by atoms with van der Waals surface area (Å²) in [7, 11) is 0. The highest BCUT2D eigenvalue weighted by atomic mass is 15.3. The van der Waals surface area contributed by atoms with Crippen LogP contribution >= 0.6 is 0 Å². The molecule has 108 valence electrons. The molecule has 0 saturated carbocycles. The summed E-state index contributed by atoms with van der Waals surface area (Å²) in [4.78, 5) is 8.66. The molecule has 5 nitrogen and oxygen atoms in total. The number of aryl methyl sites for hydroxylation is 1. The fourth-order valence-electron chi connectivity index (χ4n) is 2.34. The number of rotatable bonds is 4. The molecule has 0 amide bonds. The van der Waals surface area contributed by atoms with E-state index in [1.54, 1.807) is 6.33 Å². The van der Waals surface area contributed by atoms with Gasteiger partial charge in [0.1, 0.15) is 12.1 Å². The lowest BCUT2D eigenvalue weighted by Gasteiger charge is -2.22. The highest BCUT2D eigenvalue weighted by Crippen LogP contribution is 2.21. The first-order valence-corrected chi connectivity index (χ1v) is 7.12. The molecule has 0 spiro atoms. The highest BCUT2D eigenvalue weighted by Gasteiger charge is 2.16. The third-order valence-corrected chi connectivity index (χ3v) is 3.78. The Morgan fingerprint density at radius 2 is 1.95 bits per heavy atom. The predicted molar refractivity (Wildman–Crippen MR) is 84.3 cm³/mol. The van der Waals surface area contributed by atoms with E-state index >= 15 is 0 Å². The van der Waals surface area contributed by atoms with Crippen LogP contribution in [0.1, 0.15) is 25.5 Å². The smallest absolute Gasteiger partial charge is 0.137 e. The third-order valence-electron chi connectivity index (χ3n) is 3.78. The fourth-order valence-corrected chi connectivity index (χ4v) is 2.34. The van der Waals surface area contributed by atoms with E-state index in [9.17, 15) is 0 Å². The molecule has 5 heteroatoms. The van der Waals surface area contributed by atoms with Gasteiger partial charge in [0.05, 0.1) is 17.8 Å². The molecular formula is C16H19N5. The lowest BCUT2D eigenvalue weighted by Crippen LogP contribution is -2.27. The molecule has 0 aliphatic carbocycles. The van der Waals surface area contributed by atoms with Gasteiger partial charge < -0.3 is 5.32 Å². The summed E-state index contributed by atoms with van der Waals surface area (Å²) < 4.78 is 1.98. The lowest BCUT2D eigenvalue weighted by molar-refractivity contribution is 0.443. The zero-order valence-corrected chi connectivity index (χ0v) is 12.5. The number of benzene rings is 1. The fraction of sp³-hybridized carbons (Fsp3) is 0.312. The minimum Gasteiger partial charge on any atom is -0.365 e. The Balaban J connectivity index is 1.84. The Morgan fingerprint density at radius 3 is 2.71 bits per heavy atom. The van der Waals surface area contributed by atoms with E-state index in [-0.39, 0.29) is 12.1 Å². The van der Waals surface area contributed by atoms with Crippen molar-refractivity contribution in [3.8, 4) is 0 Å². The molecule has 0 aliphatic heterocycles. The molecule has 0 bridgehead atoms. The van der Waals surface area contributed by atoms with E-state index in [0.29, 0.717) is 0 Å². The van der Waals surface area contributed by atoms with Crippen LogP contribution in [0.2, 0.25) is 0 Å². The second-order valence-electron chi connectivity index (χ2n) is 5.41. The Kier molecular flexibility index (Phi) is 3.56. The SMILES string of the molecule is Cc1cnn(C(C)C(C)Nc2ncnc3ccccc23)c1. The average molecular weight is 281 g/mol. The largest absolute Gasteiger partial charge is 0.365 e. The number of fused-ring (bicyclic) bond motifs is 1. The maximum atomic E-state index is 4.38. The van der Waals surface area contributed by atoms with Crippen LogP contribution in [-0.2, 0) is 0 Å². The summed E-state index contributed by atoms with van der Waals surface area (Å²) >= 11 is 0. The van der Waals surface area contributed by atoms with Crippen LogP contribution < -0.4 is 5.32 Å². The van der Waals surface area contributed by atoms with E-state index in [1.807, 2.05) is 42.1 Å². The van der Waals surface area contributed by atoms with Crippen molar-refractivity contribution >= 4 is 16.7 Å². The first-order valence-electron chi connectivity index (χ1n) is 7.12. The van der Waals surface area contributed by atoms with Crippen LogP contribution in [0.3, 0.4) is 0 Å². The summed E-state index contributed by atoms with van der Waals surface area (Å²) in [6.45, 7) is 6.33. The number of para-hydroxylation sites is 1. The number of nitrogens with zero attached hydrogens (tertiary/aromatic N) is 4. The Hall–Kier alpha value is -2.43. The number of hydrogen-bond acceptors (Lipinski definition) is 4. The van der Waals surface area contributed by atoms with Gasteiger partial charge in [0.15, 0.2) is 0 Å². The van der Waals surface area contributed by atoms with Gasteiger partial charge in [-0.25, -0.2) is 9.97 Å². The Morgan fingerprint density at radius 1 is 1.14 bits per heavy atom. The third kappa shape index (κ3) is 2.72. The zero-order chi connectivity index (χ0) is 14.8. The normalized spacial score (nSPS) is 14.0. The van der Waals surface area contributed by atoms with Gasteiger partial charge in [-0.1, -0.05) is 12.1 Å². The van der Waals surface area contributed by atoms with Crippen molar-refractivity contribution in [3.05, 3.63) is 48.5 Å². The van der Waals surface area contributed by atoms with E-state index in [2.05, 4.69) is 40.4 Å². The molecule has 0 radical (unpaired) electrons. The van der Waals surface area contributed by atoms with Crippen molar-refractivity contribution < 1.29 is 0 Å². The monoisotopic (exact) mass is 281 g/mol. The van der Waals surface area contributed by atoms with E-state index in [1.165, 1.54) is 5.56 Å². The maximum Gasteiger partial charge on any atom is 0.137 e. The number of anilines is 1. The lowest BCUT2D eigenvalue weighted by atomic mass is 10.1. The van der Waals surface area contributed by atoms with Crippen molar-refractivity contribution in [1.29, 1.82) is 0 Å². The molecule has 0 fully saturated rings. The topological polar surface area (TPSA) is 55.6 Å². The van der Waals surface area contributed by atoms with Crippen molar-refractivity contribution in [2.75, 3.05) is 5.32 Å². The molecule has 0 saturated heterocycles. The number of aromatic nitrogens is 4. The molecule has 3 rings (SSSR count). The molecule has 1 N–H and O–H groups in total. The molecule has 2 heterocycles. The maximum absolute atomic E-state index is 4.38. The summed E-state index contributed by atoms with van der Waals surface area (Å²) in [6, 6.07) is 8.44. The summed E-state index contributed by atoms with van der Waals surface area (Å²) in [5, 5.41) is 8.90. The molecule has 0 aliphatic rings. The van der Waals surface area contributed by atoms with Crippen molar-refractivity contribution in [2.45, 2.75) is 32.9 Å². The van der Waals surface area contributed by atoms with Crippen molar-refractivity contribution in [1.82, 2.24) is 19.7 Å².